The van der Waals surface area contributed by atoms with E-state index in [9.17, 15) is 10.1 Å². The lowest BCUT2D eigenvalue weighted by Gasteiger charge is -2.06. The van der Waals surface area contributed by atoms with E-state index in [1.807, 2.05) is 12.1 Å². The van der Waals surface area contributed by atoms with Crippen LogP contribution in [0.2, 0.25) is 0 Å². The van der Waals surface area contributed by atoms with Gasteiger partial charge in [0, 0.05) is 9.79 Å². The molecule has 0 fully saturated rings. The van der Waals surface area contributed by atoms with Crippen molar-refractivity contribution in [1.29, 1.82) is 5.26 Å². The molecule has 0 heterocycles. The fourth-order valence-corrected chi connectivity index (χ4v) is 2.75. The van der Waals surface area contributed by atoms with Crippen LogP contribution in [0.5, 0.6) is 0 Å². The molecule has 0 saturated carbocycles. The number of carbonyl (C=O) groups is 1. The quantitative estimate of drug-likeness (QED) is 0.799. The highest BCUT2D eigenvalue weighted by molar-refractivity contribution is 7.99. The van der Waals surface area contributed by atoms with Gasteiger partial charge in [-0.3, -0.25) is 0 Å². The molecular formula is C17H15NO2S. The number of carbonyl (C=O) groups excluding carboxylic acids is 1. The third kappa shape index (κ3) is 3.65. The molecule has 4 heteroatoms. The lowest BCUT2D eigenvalue weighted by Crippen LogP contribution is -2.01. The largest absolute Gasteiger partial charge is 0.465 e. The molecule has 2 aromatic carbocycles. The number of hydrogen-bond donors (Lipinski definition) is 0. The summed E-state index contributed by atoms with van der Waals surface area (Å²) in [5.74, 6) is -0.435. The number of hydrogen-bond acceptors (Lipinski definition) is 4. The molecular weight excluding hydrogens is 282 g/mol. The lowest BCUT2D eigenvalue weighted by atomic mass is 10.1. The molecule has 0 aliphatic heterocycles. The number of nitrogens with zero attached hydrogens (tertiary/aromatic N) is 1. The summed E-state index contributed by atoms with van der Waals surface area (Å²) < 4.78 is 4.66. The monoisotopic (exact) mass is 297 g/mol. The van der Waals surface area contributed by atoms with Gasteiger partial charge in [-0.1, -0.05) is 30.8 Å². The second-order valence-electron chi connectivity index (χ2n) is 4.41. The lowest BCUT2D eigenvalue weighted by molar-refractivity contribution is 0.0600. The van der Waals surface area contributed by atoms with Crippen LogP contribution in [0.25, 0.3) is 0 Å². The summed E-state index contributed by atoms with van der Waals surface area (Å²) in [6.45, 7) is 2.11. The molecule has 0 spiro atoms. The van der Waals surface area contributed by atoms with Gasteiger partial charge in [0.05, 0.1) is 18.2 Å². The van der Waals surface area contributed by atoms with Crippen LogP contribution < -0.4 is 0 Å². The Morgan fingerprint density at radius 3 is 2.52 bits per heavy atom. The number of esters is 1. The second kappa shape index (κ2) is 6.96. The first kappa shape index (κ1) is 15.1. The highest BCUT2D eigenvalue weighted by Gasteiger charge is 2.10. The van der Waals surface area contributed by atoms with Crippen molar-refractivity contribution >= 4 is 17.7 Å². The molecule has 0 atom stereocenters. The van der Waals surface area contributed by atoms with Crippen LogP contribution in [0.4, 0.5) is 0 Å². The van der Waals surface area contributed by atoms with E-state index in [1.54, 1.807) is 18.2 Å². The van der Waals surface area contributed by atoms with Gasteiger partial charge >= 0.3 is 5.97 Å². The fraction of sp³-hybridized carbons (Fsp3) is 0.176. The highest BCUT2D eigenvalue weighted by atomic mass is 32.2. The number of ether oxygens (including phenoxy) is 1. The fourth-order valence-electron chi connectivity index (χ4n) is 1.87. The maximum Gasteiger partial charge on any atom is 0.337 e. The van der Waals surface area contributed by atoms with Crippen LogP contribution in [0.3, 0.4) is 0 Å². The number of aryl methyl sites for hydroxylation is 1. The van der Waals surface area contributed by atoms with Crippen molar-refractivity contribution < 1.29 is 9.53 Å². The van der Waals surface area contributed by atoms with Gasteiger partial charge < -0.3 is 4.74 Å². The maximum atomic E-state index is 11.5. The third-order valence-electron chi connectivity index (χ3n) is 3.08. The summed E-state index contributed by atoms with van der Waals surface area (Å²) in [7, 11) is 1.33. The molecule has 0 radical (unpaired) electrons. The van der Waals surface area contributed by atoms with Crippen molar-refractivity contribution in [2.75, 3.05) is 7.11 Å². The molecule has 0 aromatic heterocycles. The van der Waals surface area contributed by atoms with Crippen molar-refractivity contribution in [3.63, 3.8) is 0 Å². The van der Waals surface area contributed by atoms with E-state index in [0.717, 1.165) is 16.2 Å². The number of methoxy groups -OCH3 is 1. The zero-order valence-corrected chi connectivity index (χ0v) is 12.7. The number of rotatable bonds is 4. The first-order valence-corrected chi connectivity index (χ1v) is 7.38. The normalized spacial score (nSPS) is 9.95. The SMILES string of the molecule is CCc1ccc(Sc2ccc(C(=O)OC)cc2C#N)cc1. The van der Waals surface area contributed by atoms with Crippen molar-refractivity contribution in [1.82, 2.24) is 0 Å². The summed E-state index contributed by atoms with van der Waals surface area (Å²) in [5, 5.41) is 9.24. The zero-order valence-electron chi connectivity index (χ0n) is 11.9. The predicted octanol–water partition coefficient (Wildman–Crippen LogP) is 4.06. The highest BCUT2D eigenvalue weighted by Crippen LogP contribution is 2.31. The standard InChI is InChI=1S/C17H15NO2S/c1-3-12-4-7-15(8-5-12)21-16-9-6-13(17(19)20-2)10-14(16)11-18/h4-10H,3H2,1-2H3. The molecule has 0 bridgehead atoms. The average Bonchev–Trinajstić information content (AvgIpc) is 2.55. The molecule has 0 aliphatic rings. The molecule has 0 N–H and O–H groups in total. The number of nitriles is 1. The number of benzene rings is 2. The van der Waals surface area contributed by atoms with Gasteiger partial charge in [-0.05, 0) is 42.3 Å². The van der Waals surface area contributed by atoms with E-state index < -0.39 is 5.97 Å². The van der Waals surface area contributed by atoms with E-state index >= 15 is 0 Å². The molecule has 0 unspecified atom stereocenters. The van der Waals surface area contributed by atoms with Gasteiger partial charge in [-0.25, -0.2) is 4.79 Å². The summed E-state index contributed by atoms with van der Waals surface area (Å²) in [5.41, 5.74) is 2.14. The summed E-state index contributed by atoms with van der Waals surface area (Å²) in [6, 6.07) is 15.4. The second-order valence-corrected chi connectivity index (χ2v) is 5.53. The van der Waals surface area contributed by atoms with E-state index in [-0.39, 0.29) is 0 Å². The first-order valence-electron chi connectivity index (χ1n) is 6.57. The first-order chi connectivity index (χ1) is 10.2. The van der Waals surface area contributed by atoms with Gasteiger partial charge in [0.25, 0.3) is 0 Å². The van der Waals surface area contributed by atoms with Crippen molar-refractivity contribution in [2.24, 2.45) is 0 Å². The van der Waals surface area contributed by atoms with Gasteiger partial charge in [-0.2, -0.15) is 5.26 Å². The minimum Gasteiger partial charge on any atom is -0.465 e. The molecule has 0 saturated heterocycles. The molecule has 0 aliphatic carbocycles. The van der Waals surface area contributed by atoms with E-state index in [1.165, 1.54) is 24.4 Å². The molecule has 2 rings (SSSR count). The van der Waals surface area contributed by atoms with Crippen molar-refractivity contribution in [3.8, 4) is 6.07 Å². The maximum absolute atomic E-state index is 11.5. The Bertz CT molecular complexity index is 687. The summed E-state index contributed by atoms with van der Waals surface area (Å²) >= 11 is 1.51. The molecule has 2 aromatic rings. The van der Waals surface area contributed by atoms with E-state index in [4.69, 9.17) is 0 Å². The van der Waals surface area contributed by atoms with Crippen LogP contribution in [0, 0.1) is 11.3 Å². The van der Waals surface area contributed by atoms with Gasteiger partial charge in [0.15, 0.2) is 0 Å². The molecule has 0 amide bonds. The van der Waals surface area contributed by atoms with Crippen LogP contribution >= 0.6 is 11.8 Å². The van der Waals surface area contributed by atoms with Crippen LogP contribution in [0.15, 0.2) is 52.3 Å². The summed E-state index contributed by atoms with van der Waals surface area (Å²) in [4.78, 5) is 13.4. The Labute approximate surface area is 128 Å². The van der Waals surface area contributed by atoms with Crippen molar-refractivity contribution in [2.45, 2.75) is 23.1 Å². The third-order valence-corrected chi connectivity index (χ3v) is 4.16. The Morgan fingerprint density at radius 2 is 1.95 bits per heavy atom. The topological polar surface area (TPSA) is 50.1 Å². The Morgan fingerprint density at radius 1 is 1.24 bits per heavy atom. The smallest absolute Gasteiger partial charge is 0.337 e. The molecule has 3 nitrogen and oxygen atoms in total. The Kier molecular flexibility index (Phi) is 5.02. The molecule has 106 valence electrons. The Balaban J connectivity index is 2.27. The summed E-state index contributed by atoms with van der Waals surface area (Å²) in [6.07, 6.45) is 1.00. The van der Waals surface area contributed by atoms with E-state index in [2.05, 4.69) is 29.9 Å². The predicted molar refractivity (Wildman–Crippen MR) is 82.4 cm³/mol. The Hall–Kier alpha value is -2.25. The molecule has 21 heavy (non-hydrogen) atoms. The minimum atomic E-state index is -0.435. The minimum absolute atomic E-state index is 0.389. The van der Waals surface area contributed by atoms with Crippen LogP contribution in [-0.4, -0.2) is 13.1 Å². The van der Waals surface area contributed by atoms with Gasteiger partial charge in [0.1, 0.15) is 6.07 Å². The average molecular weight is 297 g/mol. The van der Waals surface area contributed by atoms with Crippen LogP contribution in [0.1, 0.15) is 28.4 Å². The van der Waals surface area contributed by atoms with Gasteiger partial charge in [-0.15, -0.1) is 0 Å². The van der Waals surface area contributed by atoms with E-state index in [0.29, 0.717) is 11.1 Å². The van der Waals surface area contributed by atoms with Crippen LogP contribution in [-0.2, 0) is 11.2 Å². The zero-order chi connectivity index (χ0) is 15.2. The van der Waals surface area contributed by atoms with Gasteiger partial charge in [0.2, 0.25) is 0 Å². The van der Waals surface area contributed by atoms with Crippen molar-refractivity contribution in [3.05, 3.63) is 59.2 Å².